The Kier molecular flexibility index (Phi) is 5.49. The summed E-state index contributed by atoms with van der Waals surface area (Å²) in [6.45, 7) is 7.04. The lowest BCUT2D eigenvalue weighted by Crippen LogP contribution is -2.40. The molecular weight excluding hydrogens is 228 g/mol. The number of rotatable bonds is 6. The normalized spacial score (nSPS) is 11.9. The van der Waals surface area contributed by atoms with Crippen LogP contribution in [-0.4, -0.2) is 30.1 Å². The summed E-state index contributed by atoms with van der Waals surface area (Å²) >= 11 is 0. The summed E-state index contributed by atoms with van der Waals surface area (Å²) in [6.07, 6.45) is 0.921. The lowest BCUT2D eigenvalue weighted by Gasteiger charge is -2.23. The lowest BCUT2D eigenvalue weighted by molar-refractivity contribution is -0.120. The van der Waals surface area contributed by atoms with Crippen LogP contribution in [0.2, 0.25) is 0 Å². The summed E-state index contributed by atoms with van der Waals surface area (Å²) in [7, 11) is 0. The van der Waals surface area contributed by atoms with Crippen molar-refractivity contribution in [3.63, 3.8) is 0 Å². The molecular formula is C14H22N2O2. The van der Waals surface area contributed by atoms with Gasteiger partial charge in [0.1, 0.15) is 5.75 Å². The molecule has 100 valence electrons. The number of carbonyl (C=O) groups excluding carboxylic acids is 1. The number of likely N-dealkylation sites (N-methyl/N-ethyl adjacent to an activating group) is 1. The van der Waals surface area contributed by atoms with E-state index in [-0.39, 0.29) is 17.7 Å². The molecule has 0 radical (unpaired) electrons. The van der Waals surface area contributed by atoms with Crippen LogP contribution >= 0.6 is 0 Å². The van der Waals surface area contributed by atoms with Crippen LogP contribution in [0.5, 0.6) is 5.75 Å². The van der Waals surface area contributed by atoms with Crippen molar-refractivity contribution in [1.82, 2.24) is 5.32 Å². The predicted octanol–water partition coefficient (Wildman–Crippen LogP) is 2.13. The van der Waals surface area contributed by atoms with Crippen molar-refractivity contribution in [2.75, 3.05) is 18.0 Å². The molecule has 0 fully saturated rings. The molecule has 1 amide bonds. The minimum Gasteiger partial charge on any atom is -0.508 e. The van der Waals surface area contributed by atoms with Crippen LogP contribution in [-0.2, 0) is 4.79 Å². The van der Waals surface area contributed by atoms with E-state index in [0.717, 1.165) is 18.7 Å². The molecule has 0 aliphatic rings. The Hall–Kier alpha value is -1.71. The summed E-state index contributed by atoms with van der Waals surface area (Å²) in [5.41, 5.74) is 0.858. The number of hydrogen-bond donors (Lipinski definition) is 2. The Morgan fingerprint density at radius 1 is 1.44 bits per heavy atom. The van der Waals surface area contributed by atoms with Gasteiger partial charge in [0.15, 0.2) is 0 Å². The molecule has 0 aliphatic heterocycles. The van der Waals surface area contributed by atoms with E-state index in [2.05, 4.69) is 5.32 Å². The number of benzene rings is 1. The van der Waals surface area contributed by atoms with Crippen molar-refractivity contribution in [2.24, 2.45) is 0 Å². The molecule has 4 nitrogen and oxygen atoms in total. The van der Waals surface area contributed by atoms with Gasteiger partial charge >= 0.3 is 0 Å². The van der Waals surface area contributed by atoms with Crippen molar-refractivity contribution in [3.8, 4) is 5.75 Å². The van der Waals surface area contributed by atoms with Crippen molar-refractivity contribution in [2.45, 2.75) is 33.2 Å². The average Bonchev–Trinajstić information content (AvgIpc) is 2.35. The zero-order valence-electron chi connectivity index (χ0n) is 11.3. The molecule has 1 rings (SSSR count). The number of phenols is 1. The summed E-state index contributed by atoms with van der Waals surface area (Å²) in [4.78, 5) is 13.8. The van der Waals surface area contributed by atoms with Crippen LogP contribution in [0.25, 0.3) is 0 Å². The second-order valence-corrected chi connectivity index (χ2v) is 4.41. The Bertz CT molecular complexity index is 393. The molecule has 4 heteroatoms. The topological polar surface area (TPSA) is 52.6 Å². The molecule has 0 aromatic heterocycles. The second-order valence-electron chi connectivity index (χ2n) is 4.41. The van der Waals surface area contributed by atoms with E-state index in [1.807, 2.05) is 31.7 Å². The van der Waals surface area contributed by atoms with Gasteiger partial charge in [-0.3, -0.25) is 4.79 Å². The van der Waals surface area contributed by atoms with E-state index in [0.29, 0.717) is 6.54 Å². The largest absolute Gasteiger partial charge is 0.508 e. The molecule has 0 saturated carbocycles. The minimum atomic E-state index is 0.00884. The van der Waals surface area contributed by atoms with Gasteiger partial charge in [-0.15, -0.1) is 0 Å². The Labute approximate surface area is 109 Å². The van der Waals surface area contributed by atoms with E-state index in [9.17, 15) is 9.90 Å². The molecule has 1 aromatic rings. The minimum absolute atomic E-state index is 0.00884. The van der Waals surface area contributed by atoms with Gasteiger partial charge in [0.05, 0.1) is 6.54 Å². The third kappa shape index (κ3) is 4.28. The van der Waals surface area contributed by atoms with Crippen molar-refractivity contribution >= 4 is 11.6 Å². The van der Waals surface area contributed by atoms with Crippen LogP contribution in [0, 0.1) is 0 Å². The number of carbonyl (C=O) groups is 1. The predicted molar refractivity (Wildman–Crippen MR) is 73.9 cm³/mol. The highest BCUT2D eigenvalue weighted by atomic mass is 16.3. The third-order valence-electron chi connectivity index (χ3n) is 2.93. The Balaban J connectivity index is 2.65. The van der Waals surface area contributed by atoms with Gasteiger partial charge in [-0.25, -0.2) is 0 Å². The molecule has 0 bridgehead atoms. The molecule has 0 saturated heterocycles. The maximum absolute atomic E-state index is 11.8. The number of nitrogens with zero attached hydrogens (tertiary/aromatic N) is 1. The van der Waals surface area contributed by atoms with Crippen molar-refractivity contribution in [1.29, 1.82) is 0 Å². The van der Waals surface area contributed by atoms with Gasteiger partial charge in [-0.1, -0.05) is 13.0 Å². The van der Waals surface area contributed by atoms with Gasteiger partial charge in [0.2, 0.25) is 5.91 Å². The van der Waals surface area contributed by atoms with Gasteiger partial charge in [0.25, 0.3) is 0 Å². The molecule has 1 aromatic carbocycles. The fourth-order valence-electron chi connectivity index (χ4n) is 1.67. The highest BCUT2D eigenvalue weighted by Gasteiger charge is 2.11. The third-order valence-corrected chi connectivity index (χ3v) is 2.93. The number of nitrogens with one attached hydrogen (secondary N) is 1. The highest BCUT2D eigenvalue weighted by molar-refractivity contribution is 5.81. The first-order chi connectivity index (χ1) is 8.56. The Morgan fingerprint density at radius 2 is 2.17 bits per heavy atom. The van der Waals surface area contributed by atoms with Crippen molar-refractivity contribution in [3.05, 3.63) is 24.3 Å². The van der Waals surface area contributed by atoms with Crippen LogP contribution in [0.4, 0.5) is 5.69 Å². The van der Waals surface area contributed by atoms with Gasteiger partial charge in [0, 0.05) is 24.3 Å². The summed E-state index contributed by atoms with van der Waals surface area (Å²) < 4.78 is 0. The molecule has 0 aliphatic carbocycles. The maximum Gasteiger partial charge on any atom is 0.239 e. The fraction of sp³-hybridized carbons (Fsp3) is 0.500. The monoisotopic (exact) mass is 250 g/mol. The first-order valence-electron chi connectivity index (χ1n) is 6.40. The zero-order chi connectivity index (χ0) is 13.5. The summed E-state index contributed by atoms with van der Waals surface area (Å²) in [5.74, 6) is 0.225. The number of hydrogen-bond acceptors (Lipinski definition) is 3. The summed E-state index contributed by atoms with van der Waals surface area (Å²) in [6, 6.07) is 7.15. The first-order valence-corrected chi connectivity index (χ1v) is 6.40. The fourth-order valence-corrected chi connectivity index (χ4v) is 1.67. The number of aromatic hydroxyl groups is 1. The van der Waals surface area contributed by atoms with E-state index in [1.54, 1.807) is 18.2 Å². The van der Waals surface area contributed by atoms with Crippen LogP contribution < -0.4 is 10.2 Å². The van der Waals surface area contributed by atoms with E-state index >= 15 is 0 Å². The molecule has 0 spiro atoms. The van der Waals surface area contributed by atoms with Crippen molar-refractivity contribution < 1.29 is 9.90 Å². The molecule has 0 unspecified atom stereocenters. The average molecular weight is 250 g/mol. The molecule has 0 heterocycles. The van der Waals surface area contributed by atoms with E-state index in [4.69, 9.17) is 0 Å². The quantitative estimate of drug-likeness (QED) is 0.813. The van der Waals surface area contributed by atoms with Crippen LogP contribution in [0.3, 0.4) is 0 Å². The van der Waals surface area contributed by atoms with Crippen LogP contribution in [0.15, 0.2) is 24.3 Å². The standard InChI is InChI=1S/C14H22N2O2/c1-4-11(3)15-14(18)10-16(5-2)12-7-6-8-13(17)9-12/h6-9,11,17H,4-5,10H2,1-3H3,(H,15,18)/t11-/m1/s1. The highest BCUT2D eigenvalue weighted by Crippen LogP contribution is 2.19. The summed E-state index contributed by atoms with van der Waals surface area (Å²) in [5, 5.41) is 12.4. The zero-order valence-corrected chi connectivity index (χ0v) is 11.3. The van der Waals surface area contributed by atoms with Gasteiger partial charge in [-0.2, -0.15) is 0 Å². The van der Waals surface area contributed by atoms with Gasteiger partial charge in [-0.05, 0) is 32.4 Å². The number of amides is 1. The number of phenolic OH excluding ortho intramolecular Hbond substituents is 1. The Morgan fingerprint density at radius 3 is 2.72 bits per heavy atom. The molecule has 18 heavy (non-hydrogen) atoms. The first kappa shape index (κ1) is 14.4. The smallest absolute Gasteiger partial charge is 0.239 e. The molecule has 2 N–H and O–H groups in total. The maximum atomic E-state index is 11.8. The van der Waals surface area contributed by atoms with Gasteiger partial charge < -0.3 is 15.3 Å². The second kappa shape index (κ2) is 6.89. The molecule has 1 atom stereocenters. The SMILES string of the molecule is CC[C@@H](C)NC(=O)CN(CC)c1cccc(O)c1. The lowest BCUT2D eigenvalue weighted by atomic mass is 10.2. The van der Waals surface area contributed by atoms with E-state index in [1.165, 1.54) is 0 Å². The number of anilines is 1. The van der Waals surface area contributed by atoms with E-state index < -0.39 is 0 Å². The van der Waals surface area contributed by atoms with Crippen LogP contribution in [0.1, 0.15) is 27.2 Å².